The van der Waals surface area contributed by atoms with Gasteiger partial charge in [0.15, 0.2) is 0 Å². The maximum Gasteiger partial charge on any atom is 0.243 e. The van der Waals surface area contributed by atoms with Gasteiger partial charge in [-0.15, -0.1) is 0 Å². The number of benzene rings is 1. The van der Waals surface area contributed by atoms with Crippen molar-refractivity contribution < 1.29 is 8.42 Å². The van der Waals surface area contributed by atoms with E-state index in [0.717, 1.165) is 32.1 Å². The van der Waals surface area contributed by atoms with Crippen LogP contribution in [0.1, 0.15) is 44.6 Å². The zero-order valence-corrected chi connectivity index (χ0v) is 14.2. The van der Waals surface area contributed by atoms with Gasteiger partial charge >= 0.3 is 0 Å². The smallest absolute Gasteiger partial charge is 0.243 e. The molecule has 2 N–H and O–H groups in total. The van der Waals surface area contributed by atoms with Gasteiger partial charge in [0.25, 0.3) is 0 Å². The highest BCUT2D eigenvalue weighted by Crippen LogP contribution is 2.31. The quantitative estimate of drug-likeness (QED) is 0.862. The number of nitrogens with zero attached hydrogens (tertiary/aromatic N) is 1. The van der Waals surface area contributed by atoms with Gasteiger partial charge in [-0.1, -0.05) is 31.4 Å². The third-order valence-electron chi connectivity index (χ3n) is 4.18. The van der Waals surface area contributed by atoms with Crippen LogP contribution in [0.3, 0.4) is 0 Å². The molecule has 0 amide bonds. The fourth-order valence-electron chi connectivity index (χ4n) is 2.95. The van der Waals surface area contributed by atoms with Gasteiger partial charge in [0.05, 0.1) is 15.6 Å². The third kappa shape index (κ3) is 3.35. The largest absolute Gasteiger partial charge is 0.397 e. The minimum atomic E-state index is -3.52. The van der Waals surface area contributed by atoms with Gasteiger partial charge in [0.2, 0.25) is 10.0 Å². The SMILES string of the molecule is CCC1CCCCCN1S(=O)(=O)c1cc(N)c(Cl)cc1C. The number of hydrogen-bond donors (Lipinski definition) is 1. The summed E-state index contributed by atoms with van der Waals surface area (Å²) in [6.45, 7) is 4.39. The molecule has 1 atom stereocenters. The Morgan fingerprint density at radius 3 is 2.71 bits per heavy atom. The molecular formula is C15H23ClN2O2S. The standard InChI is InChI=1S/C15H23ClN2O2S/c1-3-12-7-5-4-6-8-18(12)21(19,20)15-10-14(17)13(16)9-11(15)2/h9-10,12H,3-8,17H2,1-2H3. The molecule has 0 spiro atoms. The van der Waals surface area contributed by atoms with E-state index in [1.807, 2.05) is 6.92 Å². The second-order valence-electron chi connectivity index (χ2n) is 5.67. The summed E-state index contributed by atoms with van der Waals surface area (Å²) < 4.78 is 27.7. The lowest BCUT2D eigenvalue weighted by atomic mass is 10.1. The lowest BCUT2D eigenvalue weighted by Crippen LogP contribution is -2.39. The average molecular weight is 331 g/mol. The molecule has 2 rings (SSSR count). The van der Waals surface area contributed by atoms with Gasteiger partial charge in [-0.2, -0.15) is 4.31 Å². The van der Waals surface area contributed by atoms with E-state index in [2.05, 4.69) is 0 Å². The number of anilines is 1. The number of nitrogen functional groups attached to an aromatic ring is 1. The van der Waals surface area contributed by atoms with Gasteiger partial charge < -0.3 is 5.73 Å². The minimum Gasteiger partial charge on any atom is -0.397 e. The van der Waals surface area contributed by atoms with Crippen molar-refractivity contribution in [3.8, 4) is 0 Å². The third-order valence-corrected chi connectivity index (χ3v) is 6.60. The topological polar surface area (TPSA) is 63.4 Å². The number of nitrogens with two attached hydrogens (primary N) is 1. The van der Waals surface area contributed by atoms with Crippen LogP contribution in [0.4, 0.5) is 5.69 Å². The highest BCUT2D eigenvalue weighted by atomic mass is 35.5. The van der Waals surface area contributed by atoms with E-state index in [4.69, 9.17) is 17.3 Å². The monoisotopic (exact) mass is 330 g/mol. The molecular weight excluding hydrogens is 308 g/mol. The fourth-order valence-corrected chi connectivity index (χ4v) is 5.18. The number of sulfonamides is 1. The van der Waals surface area contributed by atoms with E-state index >= 15 is 0 Å². The number of hydrogen-bond acceptors (Lipinski definition) is 3. The van der Waals surface area contributed by atoms with Crippen LogP contribution in [0.5, 0.6) is 0 Å². The second-order valence-corrected chi connectivity index (χ2v) is 7.93. The minimum absolute atomic E-state index is 0.0776. The van der Waals surface area contributed by atoms with Crippen LogP contribution >= 0.6 is 11.6 Å². The van der Waals surface area contributed by atoms with Crippen molar-refractivity contribution in [1.29, 1.82) is 0 Å². The fraction of sp³-hybridized carbons (Fsp3) is 0.600. The second kappa shape index (κ2) is 6.55. The Labute approximate surface area is 132 Å². The molecule has 0 radical (unpaired) electrons. The molecule has 1 aliphatic heterocycles. The molecule has 0 aliphatic carbocycles. The number of aryl methyl sites for hydroxylation is 1. The number of rotatable bonds is 3. The van der Waals surface area contributed by atoms with Crippen LogP contribution in [0, 0.1) is 6.92 Å². The Balaban J connectivity index is 2.47. The van der Waals surface area contributed by atoms with Crippen molar-refractivity contribution in [1.82, 2.24) is 4.31 Å². The lowest BCUT2D eigenvalue weighted by Gasteiger charge is -2.29. The summed E-state index contributed by atoms with van der Waals surface area (Å²) in [6, 6.07) is 3.20. The van der Waals surface area contributed by atoms with Crippen LogP contribution < -0.4 is 5.73 Å². The van der Waals surface area contributed by atoms with Crippen molar-refractivity contribution in [3.05, 3.63) is 22.7 Å². The van der Waals surface area contributed by atoms with Crippen molar-refractivity contribution in [3.63, 3.8) is 0 Å². The van der Waals surface area contributed by atoms with Crippen molar-refractivity contribution >= 4 is 27.3 Å². The highest BCUT2D eigenvalue weighted by Gasteiger charge is 2.32. The predicted octanol–water partition coefficient (Wildman–Crippen LogP) is 3.57. The molecule has 1 aliphatic rings. The first kappa shape index (κ1) is 16.6. The van der Waals surface area contributed by atoms with E-state index in [1.54, 1.807) is 17.3 Å². The molecule has 1 unspecified atom stereocenters. The first-order chi connectivity index (χ1) is 9.87. The van der Waals surface area contributed by atoms with Crippen LogP contribution in [0.2, 0.25) is 5.02 Å². The van der Waals surface area contributed by atoms with Crippen molar-refractivity contribution in [2.75, 3.05) is 12.3 Å². The first-order valence-electron chi connectivity index (χ1n) is 7.45. The van der Waals surface area contributed by atoms with Gasteiger partial charge in [-0.25, -0.2) is 8.42 Å². The molecule has 1 fully saturated rings. The van der Waals surface area contributed by atoms with Gasteiger partial charge in [-0.3, -0.25) is 0 Å². The Bertz CT molecular complexity index is 616. The first-order valence-corrected chi connectivity index (χ1v) is 9.27. The predicted molar refractivity (Wildman–Crippen MR) is 87.0 cm³/mol. The zero-order valence-electron chi connectivity index (χ0n) is 12.6. The van der Waals surface area contributed by atoms with Crippen LogP contribution in [-0.2, 0) is 10.0 Å². The summed E-state index contributed by atoms with van der Waals surface area (Å²) >= 11 is 5.97. The Morgan fingerprint density at radius 1 is 1.33 bits per heavy atom. The molecule has 1 aromatic carbocycles. The molecule has 0 bridgehead atoms. The van der Waals surface area contributed by atoms with Crippen molar-refractivity contribution in [2.45, 2.75) is 56.9 Å². The lowest BCUT2D eigenvalue weighted by molar-refractivity contribution is 0.315. The molecule has 4 nitrogen and oxygen atoms in total. The molecule has 6 heteroatoms. The maximum absolute atomic E-state index is 13.0. The summed E-state index contributed by atoms with van der Waals surface area (Å²) in [5, 5.41) is 0.398. The van der Waals surface area contributed by atoms with E-state index in [-0.39, 0.29) is 10.9 Å². The summed E-state index contributed by atoms with van der Waals surface area (Å²) in [5.41, 5.74) is 6.75. The Kier molecular flexibility index (Phi) is 5.17. The molecule has 1 heterocycles. The Morgan fingerprint density at radius 2 is 2.05 bits per heavy atom. The van der Waals surface area contributed by atoms with Gasteiger partial charge in [0.1, 0.15) is 0 Å². The highest BCUT2D eigenvalue weighted by molar-refractivity contribution is 7.89. The Hall–Kier alpha value is -0.780. The van der Waals surface area contributed by atoms with E-state index in [1.165, 1.54) is 6.07 Å². The average Bonchev–Trinajstić information content (AvgIpc) is 2.68. The summed E-state index contributed by atoms with van der Waals surface area (Å²) in [5.74, 6) is 0. The molecule has 1 aromatic rings. The van der Waals surface area contributed by atoms with Crippen molar-refractivity contribution in [2.24, 2.45) is 0 Å². The molecule has 1 saturated heterocycles. The normalized spacial score (nSPS) is 21.2. The molecule has 118 valence electrons. The zero-order chi connectivity index (χ0) is 15.6. The van der Waals surface area contributed by atoms with Gasteiger partial charge in [0, 0.05) is 12.6 Å². The molecule has 0 aromatic heterocycles. The van der Waals surface area contributed by atoms with E-state index in [0.29, 0.717) is 22.8 Å². The summed E-state index contributed by atoms with van der Waals surface area (Å²) in [7, 11) is -3.52. The van der Waals surface area contributed by atoms with Crippen LogP contribution in [-0.4, -0.2) is 25.3 Å². The van der Waals surface area contributed by atoms with Gasteiger partial charge in [-0.05, 0) is 43.9 Å². The van der Waals surface area contributed by atoms with E-state index in [9.17, 15) is 8.42 Å². The summed E-state index contributed by atoms with van der Waals surface area (Å²) in [4.78, 5) is 0.282. The maximum atomic E-state index is 13.0. The summed E-state index contributed by atoms with van der Waals surface area (Å²) in [6.07, 6.45) is 4.85. The molecule has 21 heavy (non-hydrogen) atoms. The molecule has 0 saturated carbocycles. The van der Waals surface area contributed by atoms with Crippen LogP contribution in [0.15, 0.2) is 17.0 Å². The number of halogens is 1. The van der Waals surface area contributed by atoms with E-state index < -0.39 is 10.0 Å². The van der Waals surface area contributed by atoms with Crippen LogP contribution in [0.25, 0.3) is 0 Å².